The summed E-state index contributed by atoms with van der Waals surface area (Å²) in [6.07, 6.45) is 1.60. The van der Waals surface area contributed by atoms with Crippen LogP contribution in [-0.2, 0) is 0 Å². The summed E-state index contributed by atoms with van der Waals surface area (Å²) >= 11 is 13.2. The molecule has 3 aromatic heterocycles. The van der Waals surface area contributed by atoms with Crippen LogP contribution in [0.4, 0.5) is 0 Å². The molecule has 0 N–H and O–H groups in total. The lowest BCUT2D eigenvalue weighted by atomic mass is 10.1. The van der Waals surface area contributed by atoms with Gasteiger partial charge in [-0.25, -0.2) is 19.4 Å². The number of fused-ring (bicyclic) bond motifs is 2. The third-order valence-corrected chi connectivity index (χ3v) is 5.91. The van der Waals surface area contributed by atoms with Gasteiger partial charge in [-0.2, -0.15) is 5.10 Å². The average molecular weight is 533 g/mol. The molecule has 3 heterocycles. The van der Waals surface area contributed by atoms with Crippen molar-refractivity contribution in [1.29, 1.82) is 0 Å². The van der Waals surface area contributed by atoms with E-state index in [1.54, 1.807) is 30.5 Å². The molecule has 2 aromatic carbocycles. The standard InChI is InChI=1S/C20H9Br2ClN4O2/c21-15-9-14(27(26-15)18-13(23)6-3-7-24-18)19-25-17-12(20(28)29-19)8-10-4-1-2-5-11(10)16(17)22/h1-9H. The molecule has 0 saturated carbocycles. The lowest BCUT2D eigenvalue weighted by molar-refractivity contribution is 0.513. The van der Waals surface area contributed by atoms with Gasteiger partial charge in [-0.1, -0.05) is 35.9 Å². The van der Waals surface area contributed by atoms with Gasteiger partial charge in [0.25, 0.3) is 0 Å². The Labute approximate surface area is 185 Å². The topological polar surface area (TPSA) is 73.8 Å². The zero-order valence-corrected chi connectivity index (χ0v) is 18.4. The van der Waals surface area contributed by atoms with Crippen molar-refractivity contribution in [3.05, 3.63) is 79.2 Å². The van der Waals surface area contributed by atoms with Crippen molar-refractivity contribution >= 4 is 65.1 Å². The highest BCUT2D eigenvalue weighted by Crippen LogP contribution is 2.33. The molecule has 5 aromatic rings. The third kappa shape index (κ3) is 3.08. The molecular formula is C20H9Br2ClN4O2. The zero-order valence-electron chi connectivity index (χ0n) is 14.4. The van der Waals surface area contributed by atoms with E-state index in [-0.39, 0.29) is 5.89 Å². The Bertz CT molecular complexity index is 1480. The fourth-order valence-electron chi connectivity index (χ4n) is 3.13. The van der Waals surface area contributed by atoms with Crippen molar-refractivity contribution in [3.8, 4) is 17.4 Å². The lowest BCUT2D eigenvalue weighted by Gasteiger charge is -2.08. The lowest BCUT2D eigenvalue weighted by Crippen LogP contribution is -2.07. The molecule has 29 heavy (non-hydrogen) atoms. The highest BCUT2D eigenvalue weighted by atomic mass is 79.9. The number of hydrogen-bond acceptors (Lipinski definition) is 5. The number of rotatable bonds is 2. The van der Waals surface area contributed by atoms with Crippen LogP contribution < -0.4 is 5.63 Å². The van der Waals surface area contributed by atoms with Crippen LogP contribution in [0.15, 0.2) is 73.0 Å². The molecule has 0 aliphatic carbocycles. The van der Waals surface area contributed by atoms with Gasteiger partial charge in [0, 0.05) is 12.3 Å². The Kier molecular flexibility index (Phi) is 4.49. The molecule has 0 amide bonds. The second kappa shape index (κ2) is 7.05. The third-order valence-electron chi connectivity index (χ3n) is 4.42. The quantitative estimate of drug-likeness (QED) is 0.270. The molecule has 5 rings (SSSR count). The van der Waals surface area contributed by atoms with Gasteiger partial charge in [-0.05, 0) is 60.8 Å². The van der Waals surface area contributed by atoms with Gasteiger partial charge in [0.15, 0.2) is 5.82 Å². The van der Waals surface area contributed by atoms with E-state index in [0.717, 1.165) is 15.2 Å². The van der Waals surface area contributed by atoms with Crippen LogP contribution in [0.1, 0.15) is 0 Å². The second-order valence-electron chi connectivity index (χ2n) is 6.19. The molecule has 0 radical (unpaired) electrons. The maximum absolute atomic E-state index is 12.8. The Hall–Kier alpha value is -2.55. The van der Waals surface area contributed by atoms with E-state index in [0.29, 0.717) is 32.0 Å². The highest BCUT2D eigenvalue weighted by Gasteiger charge is 2.20. The van der Waals surface area contributed by atoms with Crippen LogP contribution in [0.3, 0.4) is 0 Å². The number of hydrogen-bond donors (Lipinski definition) is 0. The summed E-state index contributed by atoms with van der Waals surface area (Å²) in [6.45, 7) is 0. The highest BCUT2D eigenvalue weighted by molar-refractivity contribution is 9.11. The van der Waals surface area contributed by atoms with Crippen LogP contribution in [0.5, 0.6) is 0 Å². The predicted molar refractivity (Wildman–Crippen MR) is 119 cm³/mol. The first kappa shape index (κ1) is 18.5. The normalized spacial score (nSPS) is 11.4. The summed E-state index contributed by atoms with van der Waals surface area (Å²) in [7, 11) is 0. The molecule has 0 aliphatic rings. The van der Waals surface area contributed by atoms with E-state index in [9.17, 15) is 4.79 Å². The minimum Gasteiger partial charge on any atom is -0.401 e. The molecule has 9 heteroatoms. The molecule has 0 unspecified atom stereocenters. The van der Waals surface area contributed by atoms with Crippen molar-refractivity contribution in [1.82, 2.24) is 19.7 Å². The SMILES string of the molecule is O=c1oc(-c2cc(Br)nn2-c2ncccc2Cl)nc2c(Br)c3ccccc3cc12. The van der Waals surface area contributed by atoms with Gasteiger partial charge in [-0.15, -0.1) is 0 Å². The maximum atomic E-state index is 12.8. The van der Waals surface area contributed by atoms with Crippen molar-refractivity contribution in [2.75, 3.05) is 0 Å². The monoisotopic (exact) mass is 530 g/mol. The first-order valence-electron chi connectivity index (χ1n) is 8.42. The number of nitrogens with zero attached hydrogens (tertiary/aromatic N) is 4. The summed E-state index contributed by atoms with van der Waals surface area (Å²) in [6, 6.07) is 14.6. The summed E-state index contributed by atoms with van der Waals surface area (Å²) in [5.41, 5.74) is 0.454. The maximum Gasteiger partial charge on any atom is 0.347 e. The smallest absolute Gasteiger partial charge is 0.347 e. The summed E-state index contributed by atoms with van der Waals surface area (Å²) in [5, 5.41) is 7.03. The van der Waals surface area contributed by atoms with Gasteiger partial charge in [-0.3, -0.25) is 0 Å². The number of halogens is 3. The van der Waals surface area contributed by atoms with Gasteiger partial charge in [0.05, 0.1) is 20.4 Å². The molecule has 0 aliphatic heterocycles. The molecule has 0 atom stereocenters. The van der Waals surface area contributed by atoms with E-state index in [4.69, 9.17) is 16.0 Å². The summed E-state index contributed by atoms with van der Waals surface area (Å²) in [5.74, 6) is 0.510. The first-order chi connectivity index (χ1) is 14.0. The predicted octanol–water partition coefficient (Wildman–Crippen LogP) is 5.77. The Morgan fingerprint density at radius 3 is 2.69 bits per heavy atom. The number of pyridine rings is 1. The minimum atomic E-state index is -0.493. The zero-order chi connectivity index (χ0) is 20.1. The Morgan fingerprint density at radius 1 is 1.03 bits per heavy atom. The van der Waals surface area contributed by atoms with Gasteiger partial charge >= 0.3 is 5.63 Å². The second-order valence-corrected chi connectivity index (χ2v) is 8.20. The van der Waals surface area contributed by atoms with E-state index in [2.05, 4.69) is 46.9 Å². The van der Waals surface area contributed by atoms with Gasteiger partial charge in [0.2, 0.25) is 5.89 Å². The molecule has 142 valence electrons. The largest absolute Gasteiger partial charge is 0.401 e. The van der Waals surface area contributed by atoms with Gasteiger partial charge in [0.1, 0.15) is 10.3 Å². The molecule has 0 saturated heterocycles. The Balaban J connectivity index is 1.81. The van der Waals surface area contributed by atoms with Gasteiger partial charge < -0.3 is 4.42 Å². The summed E-state index contributed by atoms with van der Waals surface area (Å²) in [4.78, 5) is 21.7. The summed E-state index contributed by atoms with van der Waals surface area (Å²) < 4.78 is 8.29. The fraction of sp³-hybridized carbons (Fsp3) is 0. The van der Waals surface area contributed by atoms with Crippen molar-refractivity contribution in [3.63, 3.8) is 0 Å². The molecule has 0 bridgehead atoms. The van der Waals surface area contributed by atoms with Crippen LogP contribution in [0.2, 0.25) is 5.02 Å². The van der Waals surface area contributed by atoms with E-state index in [1.807, 2.05) is 24.3 Å². The molecule has 6 nitrogen and oxygen atoms in total. The minimum absolute atomic E-state index is 0.110. The van der Waals surface area contributed by atoms with Crippen LogP contribution in [0.25, 0.3) is 39.1 Å². The molecular weight excluding hydrogens is 524 g/mol. The Morgan fingerprint density at radius 2 is 1.86 bits per heavy atom. The van der Waals surface area contributed by atoms with E-state index < -0.39 is 5.63 Å². The average Bonchev–Trinajstić information content (AvgIpc) is 3.11. The first-order valence-corrected chi connectivity index (χ1v) is 10.4. The number of benzene rings is 2. The van der Waals surface area contributed by atoms with E-state index >= 15 is 0 Å². The fourth-order valence-corrected chi connectivity index (χ4v) is 4.37. The number of aromatic nitrogens is 4. The molecule has 0 spiro atoms. The van der Waals surface area contributed by atoms with Crippen molar-refractivity contribution < 1.29 is 4.42 Å². The molecule has 0 fully saturated rings. The van der Waals surface area contributed by atoms with Crippen molar-refractivity contribution in [2.24, 2.45) is 0 Å². The van der Waals surface area contributed by atoms with Crippen LogP contribution >= 0.6 is 43.5 Å². The van der Waals surface area contributed by atoms with E-state index in [1.165, 1.54) is 4.68 Å². The van der Waals surface area contributed by atoms with Crippen LogP contribution in [-0.4, -0.2) is 19.7 Å². The van der Waals surface area contributed by atoms with Crippen LogP contribution in [0, 0.1) is 0 Å². The van der Waals surface area contributed by atoms with Crippen molar-refractivity contribution in [2.45, 2.75) is 0 Å².